The van der Waals surface area contributed by atoms with Crippen molar-refractivity contribution in [2.45, 2.75) is 13.3 Å². The first-order valence-corrected chi connectivity index (χ1v) is 5.96. The molecule has 2 N–H and O–H groups in total. The van der Waals surface area contributed by atoms with Crippen LogP contribution in [0.3, 0.4) is 0 Å². The molecule has 0 unspecified atom stereocenters. The van der Waals surface area contributed by atoms with Crippen molar-refractivity contribution in [3.05, 3.63) is 24.3 Å². The maximum absolute atomic E-state index is 11.2. The van der Waals surface area contributed by atoms with E-state index in [-0.39, 0.29) is 25.5 Å². The summed E-state index contributed by atoms with van der Waals surface area (Å²) in [4.78, 5) is 21.4. The molecule has 0 atom stereocenters. The van der Waals surface area contributed by atoms with Crippen LogP contribution in [0.1, 0.15) is 13.3 Å². The van der Waals surface area contributed by atoms with Gasteiger partial charge >= 0.3 is 5.97 Å². The highest BCUT2D eigenvalue weighted by Crippen LogP contribution is 2.17. The normalized spacial score (nSPS) is 9.74. The zero-order chi connectivity index (χ0) is 14.1. The number of carboxylic acids is 1. The second-order valence-electron chi connectivity index (χ2n) is 3.67. The van der Waals surface area contributed by atoms with E-state index >= 15 is 0 Å². The van der Waals surface area contributed by atoms with Gasteiger partial charge in [-0.1, -0.05) is 0 Å². The molecule has 0 saturated carbocycles. The first-order chi connectivity index (χ1) is 9.11. The summed E-state index contributed by atoms with van der Waals surface area (Å²) in [5.74, 6) is -0.0299. The van der Waals surface area contributed by atoms with E-state index in [1.807, 2.05) is 6.92 Å². The Morgan fingerprint density at radius 3 is 2.26 bits per heavy atom. The quantitative estimate of drug-likeness (QED) is 0.735. The van der Waals surface area contributed by atoms with E-state index in [1.165, 1.54) is 0 Å². The minimum Gasteiger partial charge on any atom is -0.494 e. The number of rotatable bonds is 8. The van der Waals surface area contributed by atoms with Crippen molar-refractivity contribution in [1.29, 1.82) is 0 Å². The molecule has 0 spiro atoms. The summed E-state index contributed by atoms with van der Waals surface area (Å²) >= 11 is 0. The minimum absolute atomic E-state index is 0.112. The lowest BCUT2D eigenvalue weighted by atomic mass is 10.3. The monoisotopic (exact) mass is 267 g/mol. The van der Waals surface area contributed by atoms with Gasteiger partial charge in [0.25, 0.3) is 0 Å². The Balaban J connectivity index is 2.25. The molecule has 0 saturated heterocycles. The molecule has 1 aromatic rings. The number of hydrogen-bond acceptors (Lipinski definition) is 4. The van der Waals surface area contributed by atoms with Crippen molar-refractivity contribution in [3.63, 3.8) is 0 Å². The summed E-state index contributed by atoms with van der Waals surface area (Å²) in [5, 5.41) is 10.6. The zero-order valence-corrected chi connectivity index (χ0v) is 10.7. The predicted octanol–water partition coefficient (Wildman–Crippen LogP) is 1.05. The minimum atomic E-state index is -1.07. The van der Waals surface area contributed by atoms with E-state index in [4.69, 9.17) is 14.6 Å². The van der Waals surface area contributed by atoms with Crippen molar-refractivity contribution in [1.82, 2.24) is 5.32 Å². The largest absolute Gasteiger partial charge is 0.494 e. The van der Waals surface area contributed by atoms with Crippen LogP contribution in [-0.4, -0.2) is 36.7 Å². The lowest BCUT2D eigenvalue weighted by Gasteiger charge is -2.07. The molecule has 0 aliphatic carbocycles. The first-order valence-electron chi connectivity index (χ1n) is 5.96. The van der Waals surface area contributed by atoms with Gasteiger partial charge in [0, 0.05) is 0 Å². The van der Waals surface area contributed by atoms with E-state index in [9.17, 15) is 9.59 Å². The molecule has 19 heavy (non-hydrogen) atoms. The van der Waals surface area contributed by atoms with Gasteiger partial charge in [-0.05, 0) is 31.2 Å². The Morgan fingerprint density at radius 2 is 1.74 bits per heavy atom. The van der Waals surface area contributed by atoms with Crippen molar-refractivity contribution in [3.8, 4) is 11.5 Å². The van der Waals surface area contributed by atoms with Gasteiger partial charge in [0.15, 0.2) is 0 Å². The average Bonchev–Trinajstić information content (AvgIpc) is 2.39. The van der Waals surface area contributed by atoms with Gasteiger partial charge < -0.3 is 19.9 Å². The van der Waals surface area contributed by atoms with E-state index in [0.717, 1.165) is 5.75 Å². The molecule has 1 amide bonds. The van der Waals surface area contributed by atoms with Crippen LogP contribution in [0.4, 0.5) is 0 Å². The van der Waals surface area contributed by atoms with Gasteiger partial charge in [0.05, 0.1) is 19.6 Å². The molecule has 0 fully saturated rings. The molecule has 0 aliphatic rings. The van der Waals surface area contributed by atoms with E-state index in [1.54, 1.807) is 24.3 Å². The molecule has 0 heterocycles. The molecule has 104 valence electrons. The van der Waals surface area contributed by atoms with Gasteiger partial charge in [-0.25, -0.2) is 0 Å². The molecular weight excluding hydrogens is 250 g/mol. The molecular formula is C13H17NO5. The number of ether oxygens (including phenoxy) is 2. The molecule has 0 radical (unpaired) electrons. The predicted molar refractivity (Wildman–Crippen MR) is 68.4 cm³/mol. The summed E-state index contributed by atoms with van der Waals surface area (Å²) in [6.07, 6.45) is 0.112. The standard InChI is InChI=1S/C13H17NO5/c1-2-18-10-3-5-11(6-4-10)19-8-7-12(15)14-9-13(16)17/h3-6H,2,7-9H2,1H3,(H,14,15)(H,16,17). The number of amides is 1. The van der Waals surface area contributed by atoms with Crippen molar-refractivity contribution in [2.75, 3.05) is 19.8 Å². The van der Waals surface area contributed by atoms with E-state index in [0.29, 0.717) is 12.4 Å². The van der Waals surface area contributed by atoms with Gasteiger partial charge in [-0.3, -0.25) is 9.59 Å². The van der Waals surface area contributed by atoms with Crippen LogP contribution in [0.25, 0.3) is 0 Å². The molecule has 0 bridgehead atoms. The fourth-order valence-electron chi connectivity index (χ4n) is 1.32. The molecule has 6 nitrogen and oxygen atoms in total. The fourth-order valence-corrected chi connectivity index (χ4v) is 1.32. The highest BCUT2D eigenvalue weighted by molar-refractivity contribution is 5.81. The van der Waals surface area contributed by atoms with Crippen molar-refractivity contribution < 1.29 is 24.2 Å². The second kappa shape index (κ2) is 7.97. The molecule has 0 aromatic heterocycles. The third-order valence-electron chi connectivity index (χ3n) is 2.17. The highest BCUT2D eigenvalue weighted by Gasteiger charge is 2.04. The number of carboxylic acid groups (broad SMARTS) is 1. The maximum atomic E-state index is 11.2. The van der Waals surface area contributed by atoms with Crippen molar-refractivity contribution in [2.24, 2.45) is 0 Å². The Labute approximate surface area is 111 Å². The fraction of sp³-hybridized carbons (Fsp3) is 0.385. The zero-order valence-electron chi connectivity index (χ0n) is 10.7. The van der Waals surface area contributed by atoms with Crippen molar-refractivity contribution >= 4 is 11.9 Å². The number of aliphatic carboxylic acids is 1. The summed E-state index contributed by atoms with van der Waals surface area (Å²) in [6.45, 7) is 2.32. The van der Waals surface area contributed by atoms with Gasteiger partial charge in [-0.15, -0.1) is 0 Å². The third kappa shape index (κ3) is 6.30. The van der Waals surface area contributed by atoms with Crippen LogP contribution in [0.2, 0.25) is 0 Å². The van der Waals surface area contributed by atoms with Crippen LogP contribution in [0, 0.1) is 0 Å². The maximum Gasteiger partial charge on any atom is 0.322 e. The Morgan fingerprint density at radius 1 is 1.16 bits per heavy atom. The number of benzene rings is 1. The number of carbonyl (C=O) groups is 2. The summed E-state index contributed by atoms with van der Waals surface area (Å²) in [6, 6.07) is 7.06. The topological polar surface area (TPSA) is 84.9 Å². The summed E-state index contributed by atoms with van der Waals surface area (Å²) in [7, 11) is 0. The number of nitrogens with one attached hydrogen (secondary N) is 1. The van der Waals surface area contributed by atoms with Gasteiger partial charge in [0.1, 0.15) is 18.0 Å². The molecule has 6 heteroatoms. The lowest BCUT2D eigenvalue weighted by Crippen LogP contribution is -2.30. The molecule has 0 aliphatic heterocycles. The van der Waals surface area contributed by atoms with Crippen LogP contribution in [0.5, 0.6) is 11.5 Å². The Bertz CT molecular complexity index is 416. The van der Waals surface area contributed by atoms with Crippen LogP contribution in [0.15, 0.2) is 24.3 Å². The average molecular weight is 267 g/mol. The molecule has 1 aromatic carbocycles. The second-order valence-corrected chi connectivity index (χ2v) is 3.67. The first kappa shape index (κ1) is 14.8. The van der Waals surface area contributed by atoms with Crippen LogP contribution >= 0.6 is 0 Å². The van der Waals surface area contributed by atoms with Crippen LogP contribution < -0.4 is 14.8 Å². The Kier molecular flexibility index (Phi) is 6.21. The van der Waals surface area contributed by atoms with E-state index < -0.39 is 5.97 Å². The van der Waals surface area contributed by atoms with E-state index in [2.05, 4.69) is 5.32 Å². The summed E-state index contributed by atoms with van der Waals surface area (Å²) < 4.78 is 10.6. The Hall–Kier alpha value is -2.24. The lowest BCUT2D eigenvalue weighted by molar-refractivity contribution is -0.138. The smallest absolute Gasteiger partial charge is 0.322 e. The van der Waals surface area contributed by atoms with Crippen LogP contribution in [-0.2, 0) is 9.59 Å². The highest BCUT2D eigenvalue weighted by atomic mass is 16.5. The molecule has 1 rings (SSSR count). The number of carbonyl (C=O) groups excluding carboxylic acids is 1. The SMILES string of the molecule is CCOc1ccc(OCCC(=O)NCC(=O)O)cc1. The number of hydrogen-bond donors (Lipinski definition) is 2. The third-order valence-corrected chi connectivity index (χ3v) is 2.17. The van der Waals surface area contributed by atoms with Gasteiger partial charge in [0.2, 0.25) is 5.91 Å². The summed E-state index contributed by atoms with van der Waals surface area (Å²) in [5.41, 5.74) is 0. The van der Waals surface area contributed by atoms with Gasteiger partial charge in [-0.2, -0.15) is 0 Å².